The maximum atomic E-state index is 5.94. The van der Waals surface area contributed by atoms with E-state index in [0.29, 0.717) is 6.54 Å². The molecule has 0 aromatic heterocycles. The topological polar surface area (TPSA) is 62.1 Å². The average Bonchev–Trinajstić information content (AvgIpc) is 2.03. The predicted octanol–water partition coefficient (Wildman–Crippen LogP) is -1.38. The van der Waals surface area contributed by atoms with E-state index >= 15 is 0 Å². The zero-order valence-electron chi connectivity index (χ0n) is 6.44. The average molecular weight is 179 g/mol. The first-order valence-corrected chi connectivity index (χ1v) is 4.32. The van der Waals surface area contributed by atoms with Gasteiger partial charge in [0, 0.05) is 26.2 Å². The summed E-state index contributed by atoms with van der Waals surface area (Å²) in [6.45, 7) is 3.31. The van der Waals surface area contributed by atoms with Gasteiger partial charge in [0.25, 0.3) is 0 Å². The number of piperazine rings is 1. The molecular formula is C6H15ClN4. The molecule has 0 bridgehead atoms. The number of halogens is 1. The Kier molecular flexibility index (Phi) is 4.11. The third-order valence-electron chi connectivity index (χ3n) is 1.63. The van der Waals surface area contributed by atoms with Crippen LogP contribution in [0.25, 0.3) is 0 Å². The van der Waals surface area contributed by atoms with Crippen LogP contribution in [0.2, 0.25) is 0 Å². The maximum Gasteiger partial charge on any atom is 0.111 e. The summed E-state index contributed by atoms with van der Waals surface area (Å²) in [7, 11) is 0. The van der Waals surface area contributed by atoms with Gasteiger partial charge >= 0.3 is 0 Å². The van der Waals surface area contributed by atoms with Gasteiger partial charge in [-0.3, -0.25) is 16.0 Å². The van der Waals surface area contributed by atoms with Gasteiger partial charge in [-0.05, 0) is 0 Å². The molecule has 2 atom stereocenters. The Labute approximate surface area is 71.9 Å². The molecule has 1 aliphatic heterocycles. The number of hydrogen-bond acceptors (Lipinski definition) is 4. The quantitative estimate of drug-likeness (QED) is 0.318. The van der Waals surface area contributed by atoms with Crippen LogP contribution in [-0.4, -0.2) is 37.8 Å². The molecule has 1 heterocycles. The highest BCUT2D eigenvalue weighted by atomic mass is 35.5. The number of rotatable bonds is 3. The maximum absolute atomic E-state index is 5.94. The van der Waals surface area contributed by atoms with E-state index in [1.807, 2.05) is 0 Å². The molecule has 5 N–H and O–H groups in total. The summed E-state index contributed by atoms with van der Waals surface area (Å²) in [6.07, 6.45) is 0.147. The van der Waals surface area contributed by atoms with Crippen molar-refractivity contribution in [2.24, 2.45) is 5.73 Å². The molecule has 0 aromatic rings. The molecule has 0 radical (unpaired) electrons. The van der Waals surface area contributed by atoms with Crippen molar-refractivity contribution in [3.05, 3.63) is 0 Å². The lowest BCUT2D eigenvalue weighted by Crippen LogP contribution is -2.60. The van der Waals surface area contributed by atoms with Gasteiger partial charge in [-0.25, -0.2) is 0 Å². The van der Waals surface area contributed by atoms with Gasteiger partial charge < -0.3 is 5.73 Å². The molecule has 1 fully saturated rings. The van der Waals surface area contributed by atoms with Gasteiger partial charge in [0.1, 0.15) is 5.50 Å². The summed E-state index contributed by atoms with van der Waals surface area (Å²) in [5.74, 6) is 0. The zero-order valence-corrected chi connectivity index (χ0v) is 7.19. The fraction of sp³-hybridized carbons (Fsp3) is 1.00. The van der Waals surface area contributed by atoms with Gasteiger partial charge in [-0.2, -0.15) is 0 Å². The first-order valence-electron chi connectivity index (χ1n) is 3.89. The molecule has 0 saturated carbocycles. The highest BCUT2D eigenvalue weighted by Crippen LogP contribution is 1.98. The first-order chi connectivity index (χ1) is 5.34. The smallest absolute Gasteiger partial charge is 0.111 e. The largest absolute Gasteiger partial charge is 0.329 e. The van der Waals surface area contributed by atoms with Crippen LogP contribution < -0.4 is 21.7 Å². The molecule has 66 valence electrons. The number of nitrogens with one attached hydrogen (secondary N) is 3. The number of hydrogen-bond donors (Lipinski definition) is 4. The van der Waals surface area contributed by atoms with Crippen molar-refractivity contribution in [1.82, 2.24) is 16.0 Å². The van der Waals surface area contributed by atoms with Crippen LogP contribution in [0.15, 0.2) is 0 Å². The fourth-order valence-corrected chi connectivity index (χ4v) is 1.36. The van der Waals surface area contributed by atoms with Gasteiger partial charge in [0.2, 0.25) is 0 Å². The van der Waals surface area contributed by atoms with Crippen molar-refractivity contribution in [2.75, 3.05) is 26.2 Å². The van der Waals surface area contributed by atoms with Crippen LogP contribution in [0.1, 0.15) is 0 Å². The van der Waals surface area contributed by atoms with Gasteiger partial charge in [-0.15, -0.1) is 11.6 Å². The second-order valence-corrected chi connectivity index (χ2v) is 3.00. The Morgan fingerprint density at radius 1 is 1.45 bits per heavy atom. The van der Waals surface area contributed by atoms with Crippen LogP contribution in [0.4, 0.5) is 0 Å². The summed E-state index contributed by atoms with van der Waals surface area (Å²) >= 11 is 5.94. The van der Waals surface area contributed by atoms with Crippen molar-refractivity contribution >= 4 is 11.6 Å². The first kappa shape index (κ1) is 9.22. The molecule has 5 heteroatoms. The molecular weight excluding hydrogens is 164 g/mol. The third kappa shape index (κ3) is 2.92. The lowest BCUT2D eigenvalue weighted by Gasteiger charge is -2.30. The van der Waals surface area contributed by atoms with Crippen molar-refractivity contribution in [3.8, 4) is 0 Å². The van der Waals surface area contributed by atoms with Crippen molar-refractivity contribution < 1.29 is 0 Å². The minimum absolute atomic E-state index is 0.0321. The molecule has 1 saturated heterocycles. The van der Waals surface area contributed by atoms with E-state index in [4.69, 9.17) is 17.3 Å². The third-order valence-corrected chi connectivity index (χ3v) is 2.04. The van der Waals surface area contributed by atoms with E-state index in [0.717, 1.165) is 19.6 Å². The van der Waals surface area contributed by atoms with Crippen LogP contribution >= 0.6 is 11.6 Å². The van der Waals surface area contributed by atoms with E-state index < -0.39 is 0 Å². The van der Waals surface area contributed by atoms with Gasteiger partial charge in [0.05, 0.1) is 6.17 Å². The standard InChI is InChI=1S/C6H15ClN4/c7-5-6(10-2-1-8)11-4-3-9-5/h5-6,9-11H,1-4,8H2/t5-,6-/m0/s1. The Morgan fingerprint density at radius 3 is 2.82 bits per heavy atom. The minimum Gasteiger partial charge on any atom is -0.329 e. The SMILES string of the molecule is NCCN[C@H]1NCCN[C@@H]1Cl. The van der Waals surface area contributed by atoms with E-state index in [1.54, 1.807) is 0 Å². The van der Waals surface area contributed by atoms with E-state index in [-0.39, 0.29) is 11.7 Å². The van der Waals surface area contributed by atoms with Crippen molar-refractivity contribution in [2.45, 2.75) is 11.7 Å². The van der Waals surface area contributed by atoms with Gasteiger partial charge in [-0.1, -0.05) is 0 Å². The Morgan fingerprint density at radius 2 is 2.18 bits per heavy atom. The van der Waals surface area contributed by atoms with Crippen LogP contribution in [0.3, 0.4) is 0 Å². The number of nitrogens with two attached hydrogens (primary N) is 1. The molecule has 0 unspecified atom stereocenters. The van der Waals surface area contributed by atoms with Crippen LogP contribution in [0, 0.1) is 0 Å². The lowest BCUT2D eigenvalue weighted by molar-refractivity contribution is 0.337. The highest BCUT2D eigenvalue weighted by Gasteiger charge is 2.20. The summed E-state index contributed by atoms with van der Waals surface area (Å²) in [5.41, 5.74) is 5.31. The Hall–Kier alpha value is 0.130. The molecule has 1 aliphatic rings. The summed E-state index contributed by atoms with van der Waals surface area (Å²) in [4.78, 5) is 0. The Bertz CT molecular complexity index is 111. The van der Waals surface area contributed by atoms with E-state index in [2.05, 4.69) is 16.0 Å². The van der Waals surface area contributed by atoms with Gasteiger partial charge in [0.15, 0.2) is 0 Å². The lowest BCUT2D eigenvalue weighted by atomic mass is 10.3. The monoisotopic (exact) mass is 178 g/mol. The van der Waals surface area contributed by atoms with Crippen molar-refractivity contribution in [1.29, 1.82) is 0 Å². The summed E-state index contributed by atoms with van der Waals surface area (Å²) in [5, 5.41) is 9.57. The molecule has 0 spiro atoms. The number of alkyl halides is 1. The second kappa shape index (κ2) is 4.90. The van der Waals surface area contributed by atoms with Crippen LogP contribution in [0.5, 0.6) is 0 Å². The second-order valence-electron chi connectivity index (χ2n) is 2.53. The fourth-order valence-electron chi connectivity index (χ4n) is 1.07. The Balaban J connectivity index is 2.18. The van der Waals surface area contributed by atoms with E-state index in [9.17, 15) is 0 Å². The summed E-state index contributed by atoms with van der Waals surface area (Å²) < 4.78 is 0. The summed E-state index contributed by atoms with van der Waals surface area (Å²) in [6, 6.07) is 0. The van der Waals surface area contributed by atoms with Crippen molar-refractivity contribution in [3.63, 3.8) is 0 Å². The van der Waals surface area contributed by atoms with Crippen LogP contribution in [-0.2, 0) is 0 Å². The molecule has 0 aromatic carbocycles. The zero-order chi connectivity index (χ0) is 8.10. The van der Waals surface area contributed by atoms with E-state index in [1.165, 1.54) is 0 Å². The molecule has 1 rings (SSSR count). The molecule has 0 amide bonds. The molecule has 0 aliphatic carbocycles. The normalized spacial score (nSPS) is 32.2. The molecule has 4 nitrogen and oxygen atoms in total. The predicted molar refractivity (Wildman–Crippen MR) is 46.5 cm³/mol. The highest BCUT2D eigenvalue weighted by molar-refractivity contribution is 6.20. The minimum atomic E-state index is -0.0321. The molecule has 11 heavy (non-hydrogen) atoms.